The molecule has 0 aliphatic carbocycles. The van der Waals surface area contributed by atoms with Gasteiger partial charge in [-0.15, -0.1) is 0 Å². The molecule has 0 radical (unpaired) electrons. The van der Waals surface area contributed by atoms with E-state index in [2.05, 4.69) is 33.9 Å². The number of rotatable bonds is 9. The van der Waals surface area contributed by atoms with Crippen LogP contribution in [0.15, 0.2) is 24.3 Å². The summed E-state index contributed by atoms with van der Waals surface area (Å²) in [5.74, 6) is 0.904. The van der Waals surface area contributed by atoms with Crippen LogP contribution in [0.3, 0.4) is 0 Å². The molecule has 0 aliphatic heterocycles. The predicted molar refractivity (Wildman–Crippen MR) is 122 cm³/mol. The Balaban J connectivity index is 3.04. The van der Waals surface area contributed by atoms with Crippen LogP contribution in [-0.2, 0) is 14.0 Å². The number of carbonyl (C=O) groups is 1. The molecule has 0 aromatic heterocycles. The molecule has 7 heteroatoms. The molecule has 0 aliphatic rings. The zero-order chi connectivity index (χ0) is 23.3. The van der Waals surface area contributed by atoms with Crippen molar-refractivity contribution in [3.63, 3.8) is 0 Å². The average Bonchev–Trinajstić information content (AvgIpc) is 2.57. The van der Waals surface area contributed by atoms with E-state index in [0.29, 0.717) is 5.75 Å². The van der Waals surface area contributed by atoms with Gasteiger partial charge in [-0.3, -0.25) is 4.79 Å². The van der Waals surface area contributed by atoms with E-state index in [1.54, 1.807) is 40.0 Å². The number of ether oxygens (including phenoxy) is 3. The van der Waals surface area contributed by atoms with Crippen molar-refractivity contribution in [2.75, 3.05) is 7.11 Å². The lowest BCUT2D eigenvalue weighted by Gasteiger charge is -2.42. The fraction of sp³-hybridized carbons (Fsp3) is 0.696. The second-order valence-corrected chi connectivity index (χ2v) is 15.0. The summed E-state index contributed by atoms with van der Waals surface area (Å²) in [6, 6.07) is 7.23. The molecule has 0 spiro atoms. The van der Waals surface area contributed by atoms with Crippen molar-refractivity contribution in [3.05, 3.63) is 24.3 Å². The summed E-state index contributed by atoms with van der Waals surface area (Å²) in [4.78, 5) is 12.3. The molecule has 172 valence electrons. The smallest absolute Gasteiger partial charge is 0.309 e. The molecule has 0 unspecified atom stereocenters. The molecule has 1 N–H and O–H groups in total. The highest BCUT2D eigenvalue weighted by molar-refractivity contribution is 6.74. The molecule has 0 heterocycles. The molecule has 1 aromatic carbocycles. The molecule has 0 bridgehead atoms. The maximum absolute atomic E-state index is 12.3. The Labute approximate surface area is 183 Å². The molecule has 0 saturated heterocycles. The monoisotopic (exact) mass is 440 g/mol. The van der Waals surface area contributed by atoms with E-state index in [4.69, 9.17) is 18.6 Å². The van der Waals surface area contributed by atoms with Crippen molar-refractivity contribution in [2.24, 2.45) is 0 Å². The number of aliphatic hydroxyl groups excluding tert-OH is 1. The molecule has 6 nitrogen and oxygen atoms in total. The highest BCUT2D eigenvalue weighted by Crippen LogP contribution is 2.38. The molecular formula is C23H40O6Si. The summed E-state index contributed by atoms with van der Waals surface area (Å²) in [6.07, 6.45) is -2.37. The molecule has 0 saturated carbocycles. The summed E-state index contributed by atoms with van der Waals surface area (Å²) in [7, 11) is -0.630. The Morgan fingerprint density at radius 1 is 1.03 bits per heavy atom. The second kappa shape index (κ2) is 10.2. The van der Waals surface area contributed by atoms with Gasteiger partial charge < -0.3 is 23.7 Å². The third kappa shape index (κ3) is 8.28. The van der Waals surface area contributed by atoms with Crippen LogP contribution >= 0.6 is 0 Å². The molecule has 3 atom stereocenters. The molecule has 1 aromatic rings. The average molecular weight is 441 g/mol. The van der Waals surface area contributed by atoms with E-state index >= 15 is 0 Å². The summed E-state index contributed by atoms with van der Waals surface area (Å²) in [5.41, 5.74) is -0.613. The Morgan fingerprint density at radius 3 is 1.97 bits per heavy atom. The number of methoxy groups -OCH3 is 1. The summed E-state index contributed by atoms with van der Waals surface area (Å²) in [6.45, 7) is 17.9. The first-order valence-electron chi connectivity index (χ1n) is 10.4. The minimum Gasteiger partial charge on any atom is -0.497 e. The van der Waals surface area contributed by atoms with Crippen molar-refractivity contribution < 1.29 is 28.5 Å². The van der Waals surface area contributed by atoms with Gasteiger partial charge in [0, 0.05) is 0 Å². The third-order valence-electron chi connectivity index (χ3n) is 5.26. The Bertz CT molecular complexity index is 672. The van der Waals surface area contributed by atoms with E-state index in [1.807, 2.05) is 19.1 Å². The quantitative estimate of drug-likeness (QED) is 0.433. The Morgan fingerprint density at radius 2 is 1.53 bits per heavy atom. The third-order valence-corrected chi connectivity index (χ3v) is 9.73. The van der Waals surface area contributed by atoms with Crippen LogP contribution in [0.4, 0.5) is 0 Å². The lowest BCUT2D eigenvalue weighted by molar-refractivity contribution is -0.159. The topological polar surface area (TPSA) is 74.2 Å². The number of benzene rings is 1. The lowest BCUT2D eigenvalue weighted by Crippen LogP contribution is -2.52. The fourth-order valence-corrected chi connectivity index (χ4v) is 3.99. The van der Waals surface area contributed by atoms with Gasteiger partial charge in [-0.25, -0.2) is 0 Å². The van der Waals surface area contributed by atoms with Crippen LogP contribution in [0.5, 0.6) is 11.5 Å². The van der Waals surface area contributed by atoms with Crippen LogP contribution in [0, 0.1) is 0 Å². The van der Waals surface area contributed by atoms with Gasteiger partial charge in [0.05, 0.1) is 19.6 Å². The van der Waals surface area contributed by atoms with Crippen LogP contribution < -0.4 is 9.47 Å². The van der Waals surface area contributed by atoms with E-state index < -0.39 is 38.2 Å². The largest absolute Gasteiger partial charge is 0.497 e. The van der Waals surface area contributed by atoms with Gasteiger partial charge in [-0.1, -0.05) is 20.8 Å². The van der Waals surface area contributed by atoms with Crippen molar-refractivity contribution in [3.8, 4) is 11.5 Å². The van der Waals surface area contributed by atoms with Gasteiger partial charge in [0.25, 0.3) is 0 Å². The summed E-state index contributed by atoms with van der Waals surface area (Å²) >= 11 is 0. The van der Waals surface area contributed by atoms with E-state index in [0.717, 1.165) is 5.75 Å². The first kappa shape index (κ1) is 26.5. The number of carbonyl (C=O) groups excluding carboxylic acids is 1. The summed E-state index contributed by atoms with van der Waals surface area (Å²) in [5, 5.41) is 10.9. The number of esters is 1. The zero-order valence-electron chi connectivity index (χ0n) is 20.2. The summed E-state index contributed by atoms with van der Waals surface area (Å²) < 4.78 is 23.1. The lowest BCUT2D eigenvalue weighted by atomic mass is 10.1. The van der Waals surface area contributed by atoms with Crippen molar-refractivity contribution >= 4 is 14.3 Å². The van der Waals surface area contributed by atoms with Gasteiger partial charge in [-0.05, 0) is 70.1 Å². The number of aliphatic hydroxyl groups is 1. The van der Waals surface area contributed by atoms with Gasteiger partial charge in [0.15, 0.2) is 8.32 Å². The first-order valence-corrected chi connectivity index (χ1v) is 13.3. The Hall–Kier alpha value is -1.57. The normalized spacial score (nSPS) is 15.8. The number of hydrogen-bond donors (Lipinski definition) is 1. The molecule has 0 amide bonds. The molecule has 0 fully saturated rings. The fourth-order valence-electron chi connectivity index (χ4n) is 2.61. The van der Waals surface area contributed by atoms with Gasteiger partial charge in [0.2, 0.25) is 0 Å². The molecule has 1 rings (SSSR count). The first-order chi connectivity index (χ1) is 13.6. The van der Waals surface area contributed by atoms with Crippen LogP contribution in [0.1, 0.15) is 54.9 Å². The minimum atomic E-state index is -2.24. The van der Waals surface area contributed by atoms with Crippen LogP contribution in [0.2, 0.25) is 18.1 Å². The predicted octanol–water partition coefficient (Wildman–Crippen LogP) is 4.95. The second-order valence-electron chi connectivity index (χ2n) is 10.2. The minimum absolute atomic E-state index is 0.0588. The van der Waals surface area contributed by atoms with Crippen molar-refractivity contribution in [1.29, 1.82) is 0 Å². The highest BCUT2D eigenvalue weighted by Gasteiger charge is 2.43. The van der Waals surface area contributed by atoms with Gasteiger partial charge in [0.1, 0.15) is 29.3 Å². The highest BCUT2D eigenvalue weighted by atomic mass is 28.4. The SMILES string of the molecule is COc1ccc(O[C@H](C)[C@@H](O[Si](C)(C)C(C)(C)C)[C@@H](O)CC(=O)OC(C)(C)C)cc1. The standard InChI is InChI=1S/C23H40O6Si/c1-16(27-18-13-11-17(26-8)12-14-18)21(29-30(9,10)23(5,6)7)19(24)15-20(25)28-22(2,3)4/h11-14,16,19,21,24H,15H2,1-10H3/t16-,19+,21-/m1/s1. The van der Waals surface area contributed by atoms with E-state index in [9.17, 15) is 9.90 Å². The Kier molecular flexibility index (Phi) is 8.96. The van der Waals surface area contributed by atoms with Gasteiger partial charge >= 0.3 is 5.97 Å². The molecule has 30 heavy (non-hydrogen) atoms. The van der Waals surface area contributed by atoms with E-state index in [1.165, 1.54) is 0 Å². The van der Waals surface area contributed by atoms with Crippen molar-refractivity contribution in [2.45, 2.75) is 96.9 Å². The van der Waals surface area contributed by atoms with Gasteiger partial charge in [-0.2, -0.15) is 0 Å². The van der Waals surface area contributed by atoms with Crippen LogP contribution in [0.25, 0.3) is 0 Å². The maximum Gasteiger partial charge on any atom is 0.309 e. The van der Waals surface area contributed by atoms with Crippen LogP contribution in [-0.4, -0.2) is 50.4 Å². The number of hydrogen-bond acceptors (Lipinski definition) is 6. The maximum atomic E-state index is 12.3. The zero-order valence-corrected chi connectivity index (χ0v) is 21.2. The molecular weight excluding hydrogens is 400 g/mol. The van der Waals surface area contributed by atoms with Crippen molar-refractivity contribution in [1.82, 2.24) is 0 Å². The van der Waals surface area contributed by atoms with E-state index in [-0.39, 0.29) is 11.5 Å².